The molecule has 0 radical (unpaired) electrons. The first-order valence-electron chi connectivity index (χ1n) is 15.4. The Kier molecular flexibility index (Phi) is 6.07. The molecule has 4 aliphatic heterocycles. The number of rotatable bonds is 3. The zero-order valence-electron chi connectivity index (χ0n) is 25.6. The van der Waals surface area contributed by atoms with E-state index in [1.807, 2.05) is 55.5 Å². The van der Waals surface area contributed by atoms with Gasteiger partial charge in [0.1, 0.15) is 18.4 Å². The standard InChI is InChI=1S/C33H32N4O10/c1-33-27(43-3)18(35(2)31(41)45-30-19(38)13-44-32(42)46-30)12-20(47-33)36-16-10-6-4-8-14(16)21-23-24(29(40)34-28(23)39)22-15-9-5-7-11-17(15)37(33)26(22)25(21)36/h4-11,18-20,27,29-30,32,38,40,42H,12-13H2,1-3H3,(H,34,39). The van der Waals surface area contributed by atoms with Gasteiger partial charge in [-0.3, -0.25) is 9.53 Å². The van der Waals surface area contributed by atoms with Crippen LogP contribution in [0, 0.1) is 0 Å². The minimum atomic E-state index is -1.65. The van der Waals surface area contributed by atoms with Crippen molar-refractivity contribution in [3.05, 3.63) is 59.7 Å². The summed E-state index contributed by atoms with van der Waals surface area (Å²) in [6.45, 7) is -0.00291. The Bertz CT molecular complexity index is 2160. The summed E-state index contributed by atoms with van der Waals surface area (Å²) >= 11 is 0. The van der Waals surface area contributed by atoms with Gasteiger partial charge in [-0.1, -0.05) is 36.4 Å². The molecule has 4 N–H and O–H groups in total. The topological polar surface area (TPSA) is 166 Å². The highest BCUT2D eigenvalue weighted by atomic mass is 16.9. The van der Waals surface area contributed by atoms with Crippen molar-refractivity contribution in [1.82, 2.24) is 19.4 Å². The third kappa shape index (κ3) is 3.68. The monoisotopic (exact) mass is 644 g/mol. The molecule has 8 unspecified atom stereocenters. The molecule has 244 valence electrons. The normalized spacial score (nSPS) is 31.4. The van der Waals surface area contributed by atoms with E-state index < -0.39 is 55.3 Å². The molecule has 9 rings (SSSR count). The zero-order chi connectivity index (χ0) is 32.5. The molecule has 47 heavy (non-hydrogen) atoms. The lowest BCUT2D eigenvalue weighted by atomic mass is 9.92. The number of fused-ring (bicyclic) bond motifs is 13. The number of ether oxygens (including phenoxy) is 5. The summed E-state index contributed by atoms with van der Waals surface area (Å²) in [5, 5.41) is 37.2. The molecule has 0 spiro atoms. The van der Waals surface area contributed by atoms with E-state index in [1.54, 1.807) is 14.2 Å². The van der Waals surface area contributed by atoms with Crippen molar-refractivity contribution < 1.29 is 48.6 Å². The van der Waals surface area contributed by atoms with Crippen LogP contribution >= 0.6 is 0 Å². The SMILES string of the molecule is COC1C(N(C)C(=O)OC2OC(O)OCC2O)CC2OC1(C)n1c3ccccc3c3c4c(c5c6ccccc6n2c5c31)C(=O)NC4O. The summed E-state index contributed by atoms with van der Waals surface area (Å²) in [6, 6.07) is 14.9. The lowest BCUT2D eigenvalue weighted by Crippen LogP contribution is -2.61. The third-order valence-electron chi connectivity index (χ3n) is 10.2. The Balaban J connectivity index is 1.32. The number of hydrogen-bond donors (Lipinski definition) is 4. The van der Waals surface area contributed by atoms with Crippen LogP contribution < -0.4 is 5.32 Å². The molecule has 6 heterocycles. The summed E-state index contributed by atoms with van der Waals surface area (Å²) < 4.78 is 33.0. The van der Waals surface area contributed by atoms with Crippen molar-refractivity contribution in [2.75, 3.05) is 20.8 Å². The molecule has 3 aromatic carbocycles. The average Bonchev–Trinajstić information content (AvgIpc) is 3.66. The van der Waals surface area contributed by atoms with Crippen molar-refractivity contribution in [1.29, 1.82) is 0 Å². The number of amides is 2. The summed E-state index contributed by atoms with van der Waals surface area (Å²) in [7, 11) is 3.14. The highest BCUT2D eigenvalue weighted by Gasteiger charge is 2.55. The summed E-state index contributed by atoms with van der Waals surface area (Å²) in [5.74, 6) is -0.355. The number of hydrogen-bond acceptors (Lipinski definition) is 10. The van der Waals surface area contributed by atoms with E-state index in [2.05, 4.69) is 14.5 Å². The fourth-order valence-electron chi connectivity index (χ4n) is 8.36. The molecule has 2 aromatic heterocycles. The van der Waals surface area contributed by atoms with Crippen LogP contribution in [0.1, 0.15) is 41.7 Å². The van der Waals surface area contributed by atoms with E-state index >= 15 is 0 Å². The van der Waals surface area contributed by atoms with Crippen LogP contribution in [0.4, 0.5) is 4.79 Å². The molecule has 14 heteroatoms. The van der Waals surface area contributed by atoms with Gasteiger partial charge < -0.3 is 53.6 Å². The van der Waals surface area contributed by atoms with Gasteiger partial charge in [0.15, 0.2) is 12.0 Å². The maximum atomic E-state index is 13.7. The van der Waals surface area contributed by atoms with E-state index in [1.165, 1.54) is 4.90 Å². The Morgan fingerprint density at radius 3 is 2.49 bits per heavy atom. The fraction of sp³-hybridized carbons (Fsp3) is 0.394. The number of carbonyl (C=O) groups is 2. The van der Waals surface area contributed by atoms with Crippen LogP contribution in [0.5, 0.6) is 0 Å². The van der Waals surface area contributed by atoms with Crippen molar-refractivity contribution in [2.24, 2.45) is 0 Å². The summed E-state index contributed by atoms with van der Waals surface area (Å²) in [5.41, 5.74) is 2.89. The number of para-hydroxylation sites is 2. The van der Waals surface area contributed by atoms with Gasteiger partial charge in [0.2, 0.25) is 6.29 Å². The van der Waals surface area contributed by atoms with E-state index in [0.717, 1.165) is 38.2 Å². The lowest BCUT2D eigenvalue weighted by Gasteiger charge is -2.50. The predicted octanol–water partition coefficient (Wildman–Crippen LogP) is 2.70. The maximum Gasteiger partial charge on any atom is 0.412 e. The van der Waals surface area contributed by atoms with Gasteiger partial charge in [-0.15, -0.1) is 0 Å². The summed E-state index contributed by atoms with van der Waals surface area (Å²) in [4.78, 5) is 28.7. The highest BCUT2D eigenvalue weighted by molar-refractivity contribution is 6.31. The van der Waals surface area contributed by atoms with E-state index in [4.69, 9.17) is 23.7 Å². The Morgan fingerprint density at radius 2 is 1.74 bits per heavy atom. The molecule has 4 aliphatic rings. The second-order valence-electron chi connectivity index (χ2n) is 12.6. The molecule has 5 aromatic rings. The second kappa shape index (κ2) is 9.87. The first kappa shape index (κ1) is 28.9. The van der Waals surface area contributed by atoms with Crippen LogP contribution in [-0.4, -0.2) is 93.1 Å². The van der Waals surface area contributed by atoms with Gasteiger partial charge in [-0.25, -0.2) is 4.79 Å². The smallest absolute Gasteiger partial charge is 0.412 e. The van der Waals surface area contributed by atoms with Gasteiger partial charge in [-0.2, -0.15) is 0 Å². The number of carbonyl (C=O) groups excluding carboxylic acids is 2. The number of likely N-dealkylation sites (N-methyl/N-ethyl adjacent to an activating group) is 1. The number of aromatic nitrogens is 2. The van der Waals surface area contributed by atoms with Crippen LogP contribution in [0.2, 0.25) is 0 Å². The minimum Gasteiger partial charge on any atom is -0.416 e. The van der Waals surface area contributed by atoms with Gasteiger partial charge in [0.05, 0.1) is 40.3 Å². The number of aliphatic hydroxyl groups is 3. The second-order valence-corrected chi connectivity index (χ2v) is 12.6. The first-order chi connectivity index (χ1) is 22.6. The molecule has 0 saturated carbocycles. The van der Waals surface area contributed by atoms with E-state index in [9.17, 15) is 24.9 Å². The van der Waals surface area contributed by atoms with E-state index in [0.29, 0.717) is 16.5 Å². The van der Waals surface area contributed by atoms with Crippen LogP contribution in [0.15, 0.2) is 48.5 Å². The zero-order valence-corrected chi connectivity index (χ0v) is 25.6. The largest absolute Gasteiger partial charge is 0.416 e. The fourth-order valence-corrected chi connectivity index (χ4v) is 8.36. The van der Waals surface area contributed by atoms with Gasteiger partial charge in [0, 0.05) is 47.7 Å². The van der Waals surface area contributed by atoms with Gasteiger partial charge >= 0.3 is 6.09 Å². The highest BCUT2D eigenvalue weighted by Crippen LogP contribution is 2.55. The van der Waals surface area contributed by atoms with Crippen molar-refractivity contribution in [3.63, 3.8) is 0 Å². The minimum absolute atomic E-state index is 0.267. The van der Waals surface area contributed by atoms with Crippen molar-refractivity contribution in [2.45, 2.75) is 62.5 Å². The van der Waals surface area contributed by atoms with Crippen LogP contribution in [0.3, 0.4) is 0 Å². The molecular formula is C33H32N4O10. The Hall–Kier alpha value is -4.28. The van der Waals surface area contributed by atoms with E-state index in [-0.39, 0.29) is 18.9 Å². The molecule has 14 nitrogen and oxygen atoms in total. The predicted molar refractivity (Wildman–Crippen MR) is 165 cm³/mol. The van der Waals surface area contributed by atoms with Crippen molar-refractivity contribution >= 4 is 55.6 Å². The molecule has 0 aliphatic carbocycles. The molecule has 2 amide bonds. The van der Waals surface area contributed by atoms with Gasteiger partial charge in [0.25, 0.3) is 12.4 Å². The lowest BCUT2D eigenvalue weighted by molar-refractivity contribution is -0.372. The molecule has 2 saturated heterocycles. The summed E-state index contributed by atoms with van der Waals surface area (Å²) in [6.07, 6.45) is -5.90. The third-order valence-corrected chi connectivity index (χ3v) is 10.2. The number of nitrogens with one attached hydrogen (secondary N) is 1. The number of benzene rings is 3. The Labute approximate surface area is 266 Å². The Morgan fingerprint density at radius 1 is 1.04 bits per heavy atom. The number of aliphatic hydroxyl groups excluding tert-OH is 3. The molecule has 8 atom stereocenters. The first-order valence-corrected chi connectivity index (χ1v) is 15.4. The molecule has 2 fully saturated rings. The van der Waals surface area contributed by atoms with Crippen molar-refractivity contribution in [3.8, 4) is 0 Å². The maximum absolute atomic E-state index is 13.7. The quantitative estimate of drug-likeness (QED) is 0.229. The average molecular weight is 645 g/mol. The van der Waals surface area contributed by atoms with Crippen LogP contribution in [-0.2, 0) is 29.4 Å². The number of nitrogens with zero attached hydrogens (tertiary/aromatic N) is 3. The molecule has 2 bridgehead atoms. The number of methoxy groups -OCH3 is 1. The van der Waals surface area contributed by atoms with Crippen LogP contribution in [0.25, 0.3) is 43.6 Å². The molecular weight excluding hydrogens is 612 g/mol. The van der Waals surface area contributed by atoms with Gasteiger partial charge in [-0.05, 0) is 19.1 Å².